The predicted octanol–water partition coefficient (Wildman–Crippen LogP) is 4.54. The van der Waals surface area contributed by atoms with Crippen molar-refractivity contribution in [1.82, 2.24) is 14.9 Å². The second kappa shape index (κ2) is 8.64. The lowest BCUT2D eigenvalue weighted by molar-refractivity contribution is -0.120. The van der Waals surface area contributed by atoms with E-state index in [0.717, 1.165) is 29.7 Å². The minimum atomic E-state index is -0.351. The molecule has 5 nitrogen and oxygen atoms in total. The molecular weight excluding hydrogens is 394 g/mol. The molecule has 156 valence electrons. The predicted molar refractivity (Wildman–Crippen MR) is 123 cm³/mol. The Labute approximate surface area is 180 Å². The first-order valence-electron chi connectivity index (χ1n) is 10.5. The Morgan fingerprint density at radius 1 is 1.17 bits per heavy atom. The number of carbonyl (C=O) groups is 1. The molecule has 1 heterocycles. The number of fused-ring (bicyclic) bond motifs is 1. The molecule has 3 aromatic rings. The molecule has 1 atom stereocenters. The van der Waals surface area contributed by atoms with Crippen LogP contribution < -0.4 is 10.9 Å². The van der Waals surface area contributed by atoms with Crippen molar-refractivity contribution in [3.05, 3.63) is 63.9 Å². The van der Waals surface area contributed by atoms with Crippen LogP contribution in [0.15, 0.2) is 52.4 Å². The Kier molecular flexibility index (Phi) is 5.95. The molecule has 1 amide bonds. The van der Waals surface area contributed by atoms with Crippen molar-refractivity contribution in [3.8, 4) is 5.69 Å². The summed E-state index contributed by atoms with van der Waals surface area (Å²) in [5.41, 5.74) is 3.47. The van der Waals surface area contributed by atoms with Crippen LogP contribution in [-0.2, 0) is 4.79 Å². The van der Waals surface area contributed by atoms with Gasteiger partial charge in [0.2, 0.25) is 5.91 Å². The summed E-state index contributed by atoms with van der Waals surface area (Å²) in [5, 5.41) is 3.92. The number of nitrogens with zero attached hydrogens (tertiary/aromatic N) is 2. The van der Waals surface area contributed by atoms with E-state index in [0.29, 0.717) is 16.1 Å². The van der Waals surface area contributed by atoms with E-state index in [1.54, 1.807) is 10.6 Å². The number of aromatic nitrogens is 2. The van der Waals surface area contributed by atoms with Crippen molar-refractivity contribution in [2.45, 2.75) is 62.9 Å². The summed E-state index contributed by atoms with van der Waals surface area (Å²) >= 11 is 1.34. The summed E-state index contributed by atoms with van der Waals surface area (Å²) in [6.07, 6.45) is 4.44. The van der Waals surface area contributed by atoms with Gasteiger partial charge >= 0.3 is 0 Å². The molecule has 1 unspecified atom stereocenters. The van der Waals surface area contributed by atoms with E-state index >= 15 is 0 Å². The molecule has 1 aliphatic carbocycles. The molecule has 2 aromatic carbocycles. The smallest absolute Gasteiger partial charge is 0.266 e. The molecule has 1 N–H and O–H groups in total. The van der Waals surface area contributed by atoms with Gasteiger partial charge in [-0.25, -0.2) is 4.98 Å². The Balaban J connectivity index is 1.75. The van der Waals surface area contributed by atoms with Crippen LogP contribution in [0, 0.1) is 13.8 Å². The summed E-state index contributed by atoms with van der Waals surface area (Å²) in [6, 6.07) is 13.6. The first kappa shape index (κ1) is 20.7. The van der Waals surface area contributed by atoms with E-state index in [-0.39, 0.29) is 22.8 Å². The third kappa shape index (κ3) is 4.15. The standard InChI is InChI=1S/C24H27N3O2S/c1-15-12-13-21(16(2)14-15)27-23(29)19-10-6-7-11-20(19)26-24(27)30-17(3)22(28)25-18-8-4-5-9-18/h6-7,10-14,17-18H,4-5,8-9H2,1-3H3,(H,25,28). The molecule has 0 aliphatic heterocycles. The summed E-state index contributed by atoms with van der Waals surface area (Å²) in [6.45, 7) is 5.90. The van der Waals surface area contributed by atoms with Gasteiger partial charge in [0.15, 0.2) is 5.16 Å². The van der Waals surface area contributed by atoms with Gasteiger partial charge in [-0.05, 0) is 57.4 Å². The summed E-state index contributed by atoms with van der Waals surface area (Å²) < 4.78 is 1.65. The van der Waals surface area contributed by atoms with Gasteiger partial charge in [0.1, 0.15) is 0 Å². The molecular formula is C24H27N3O2S. The highest BCUT2D eigenvalue weighted by molar-refractivity contribution is 8.00. The number of rotatable bonds is 5. The molecule has 0 saturated heterocycles. The fourth-order valence-electron chi connectivity index (χ4n) is 4.06. The number of aryl methyl sites for hydroxylation is 2. The molecule has 1 saturated carbocycles. The van der Waals surface area contributed by atoms with E-state index < -0.39 is 0 Å². The molecule has 1 aliphatic rings. The molecule has 1 aromatic heterocycles. The maximum atomic E-state index is 13.4. The second-order valence-corrected chi connectivity index (χ2v) is 9.40. The molecule has 4 rings (SSSR count). The Morgan fingerprint density at radius 3 is 2.63 bits per heavy atom. The zero-order chi connectivity index (χ0) is 21.3. The number of para-hydroxylation sites is 1. The van der Waals surface area contributed by atoms with Crippen LogP contribution in [0.1, 0.15) is 43.7 Å². The number of hydrogen-bond acceptors (Lipinski definition) is 4. The first-order chi connectivity index (χ1) is 14.4. The lowest BCUT2D eigenvalue weighted by Crippen LogP contribution is -2.38. The highest BCUT2D eigenvalue weighted by Crippen LogP contribution is 2.27. The van der Waals surface area contributed by atoms with Crippen molar-refractivity contribution in [1.29, 1.82) is 0 Å². The number of carbonyl (C=O) groups excluding carboxylic acids is 1. The van der Waals surface area contributed by atoms with E-state index in [9.17, 15) is 9.59 Å². The van der Waals surface area contributed by atoms with Crippen LogP contribution >= 0.6 is 11.8 Å². The van der Waals surface area contributed by atoms with Gasteiger partial charge in [0.05, 0.1) is 21.8 Å². The topological polar surface area (TPSA) is 64.0 Å². The van der Waals surface area contributed by atoms with E-state index in [1.165, 1.54) is 24.6 Å². The third-order valence-electron chi connectivity index (χ3n) is 5.69. The minimum Gasteiger partial charge on any atom is -0.352 e. The van der Waals surface area contributed by atoms with Crippen LogP contribution in [0.5, 0.6) is 0 Å². The van der Waals surface area contributed by atoms with Gasteiger partial charge in [-0.2, -0.15) is 0 Å². The fraction of sp³-hybridized carbons (Fsp3) is 0.375. The van der Waals surface area contributed by atoms with E-state index in [1.807, 2.05) is 51.1 Å². The van der Waals surface area contributed by atoms with E-state index in [2.05, 4.69) is 11.4 Å². The molecule has 30 heavy (non-hydrogen) atoms. The fourth-order valence-corrected chi connectivity index (χ4v) is 4.99. The normalized spacial score (nSPS) is 15.4. The Morgan fingerprint density at radius 2 is 1.90 bits per heavy atom. The maximum absolute atomic E-state index is 13.4. The monoisotopic (exact) mass is 421 g/mol. The largest absolute Gasteiger partial charge is 0.352 e. The minimum absolute atomic E-state index is 0.00138. The van der Waals surface area contributed by atoms with Gasteiger partial charge < -0.3 is 5.32 Å². The zero-order valence-corrected chi connectivity index (χ0v) is 18.5. The molecule has 0 radical (unpaired) electrons. The van der Waals surface area contributed by atoms with Crippen LogP contribution in [0.4, 0.5) is 0 Å². The lowest BCUT2D eigenvalue weighted by atomic mass is 10.1. The maximum Gasteiger partial charge on any atom is 0.266 e. The van der Waals surface area contributed by atoms with Gasteiger partial charge in [-0.15, -0.1) is 0 Å². The summed E-state index contributed by atoms with van der Waals surface area (Å²) in [5.74, 6) is 0.00138. The Hall–Kier alpha value is -2.60. The van der Waals surface area contributed by atoms with Crippen molar-refractivity contribution in [2.24, 2.45) is 0 Å². The second-order valence-electron chi connectivity index (χ2n) is 8.09. The van der Waals surface area contributed by atoms with Crippen molar-refractivity contribution in [2.75, 3.05) is 0 Å². The van der Waals surface area contributed by atoms with Gasteiger partial charge in [-0.1, -0.05) is 54.4 Å². The molecule has 0 bridgehead atoms. The molecule has 1 fully saturated rings. The summed E-state index contributed by atoms with van der Waals surface area (Å²) in [4.78, 5) is 31.0. The SMILES string of the molecule is Cc1ccc(-n2c(SC(C)C(=O)NC3CCCC3)nc3ccccc3c2=O)c(C)c1. The highest BCUT2D eigenvalue weighted by Gasteiger charge is 2.24. The summed E-state index contributed by atoms with van der Waals surface area (Å²) in [7, 11) is 0. The van der Waals surface area contributed by atoms with E-state index in [4.69, 9.17) is 4.98 Å². The highest BCUT2D eigenvalue weighted by atomic mass is 32.2. The van der Waals surface area contributed by atoms with Crippen molar-refractivity contribution >= 4 is 28.6 Å². The third-order valence-corrected chi connectivity index (χ3v) is 6.74. The lowest BCUT2D eigenvalue weighted by Gasteiger charge is -2.19. The van der Waals surface area contributed by atoms with Crippen LogP contribution in [0.3, 0.4) is 0 Å². The average molecular weight is 422 g/mol. The quantitative estimate of drug-likeness (QED) is 0.485. The van der Waals surface area contributed by atoms with Crippen LogP contribution in [0.25, 0.3) is 16.6 Å². The van der Waals surface area contributed by atoms with Crippen molar-refractivity contribution in [3.63, 3.8) is 0 Å². The first-order valence-corrected chi connectivity index (χ1v) is 11.4. The van der Waals surface area contributed by atoms with Gasteiger partial charge in [0.25, 0.3) is 5.56 Å². The van der Waals surface area contributed by atoms with Gasteiger partial charge in [0, 0.05) is 6.04 Å². The molecule has 0 spiro atoms. The Bertz CT molecular complexity index is 1150. The zero-order valence-electron chi connectivity index (χ0n) is 17.6. The number of benzene rings is 2. The average Bonchev–Trinajstić information content (AvgIpc) is 3.22. The van der Waals surface area contributed by atoms with Gasteiger partial charge in [-0.3, -0.25) is 14.2 Å². The van der Waals surface area contributed by atoms with Crippen molar-refractivity contribution < 1.29 is 4.79 Å². The number of hydrogen-bond donors (Lipinski definition) is 1. The number of thioether (sulfide) groups is 1. The number of amides is 1. The molecule has 6 heteroatoms. The van der Waals surface area contributed by atoms with Crippen LogP contribution in [0.2, 0.25) is 0 Å². The number of nitrogens with one attached hydrogen (secondary N) is 1. The van der Waals surface area contributed by atoms with Crippen LogP contribution in [-0.4, -0.2) is 26.8 Å².